The summed E-state index contributed by atoms with van der Waals surface area (Å²) >= 11 is 0. The molecule has 0 aromatic carbocycles. The van der Waals surface area contributed by atoms with Crippen LogP contribution < -0.4 is 10.6 Å². The van der Waals surface area contributed by atoms with Crippen molar-refractivity contribution in [3.05, 3.63) is 41.1 Å². The molecule has 2 N–H and O–H groups in total. The summed E-state index contributed by atoms with van der Waals surface area (Å²) in [6, 6.07) is -1.92. The number of rotatable bonds is 10. The molecule has 10 nitrogen and oxygen atoms in total. The molecular formula is C26H28F7N7O3. The van der Waals surface area contributed by atoms with E-state index in [0.717, 1.165) is 19.0 Å². The lowest BCUT2D eigenvalue weighted by atomic mass is 9.81. The van der Waals surface area contributed by atoms with Gasteiger partial charge in [-0.05, 0) is 55.3 Å². The number of imidazole rings is 1. The number of nitrogens with one attached hydrogen (secondary N) is 2. The number of aromatic nitrogens is 5. The van der Waals surface area contributed by atoms with E-state index < -0.39 is 73.5 Å². The molecule has 17 heteroatoms. The van der Waals surface area contributed by atoms with Crippen LogP contribution in [0.4, 0.5) is 30.7 Å². The summed E-state index contributed by atoms with van der Waals surface area (Å²) in [6.07, 6.45) is -5.42. The molecule has 2 aliphatic rings. The minimum atomic E-state index is -4.78. The lowest BCUT2D eigenvalue weighted by molar-refractivity contribution is -0.158. The molecule has 234 valence electrons. The average Bonchev–Trinajstić information content (AvgIpc) is 3.49. The largest absolute Gasteiger partial charge is 0.408 e. The number of carbonyl (C=O) groups excluding carboxylic acids is 2. The van der Waals surface area contributed by atoms with Crippen LogP contribution in [0.3, 0.4) is 0 Å². The van der Waals surface area contributed by atoms with Crippen molar-refractivity contribution in [3.8, 4) is 0 Å². The predicted molar refractivity (Wildman–Crippen MR) is 133 cm³/mol. The summed E-state index contributed by atoms with van der Waals surface area (Å²) in [5.74, 6) is -6.83. The lowest BCUT2D eigenvalue weighted by Gasteiger charge is -2.33. The van der Waals surface area contributed by atoms with Gasteiger partial charge in [-0.3, -0.25) is 9.59 Å². The van der Waals surface area contributed by atoms with Gasteiger partial charge in [-0.1, -0.05) is 5.16 Å². The second kappa shape index (κ2) is 11.7. The first-order valence-electron chi connectivity index (χ1n) is 13.7. The van der Waals surface area contributed by atoms with Crippen molar-refractivity contribution in [1.29, 1.82) is 0 Å². The third kappa shape index (κ3) is 7.06. The van der Waals surface area contributed by atoms with Gasteiger partial charge >= 0.3 is 6.18 Å². The second-order valence-corrected chi connectivity index (χ2v) is 11.1. The lowest BCUT2D eigenvalue weighted by Crippen LogP contribution is -2.45. The number of fused-ring (bicyclic) bond motifs is 1. The smallest absolute Gasteiger partial charge is 0.344 e. The van der Waals surface area contributed by atoms with Crippen molar-refractivity contribution in [1.82, 2.24) is 35.5 Å². The zero-order valence-electron chi connectivity index (χ0n) is 22.8. The fourth-order valence-electron chi connectivity index (χ4n) is 5.24. The summed E-state index contributed by atoms with van der Waals surface area (Å²) in [7, 11) is 0. The fourth-order valence-corrected chi connectivity index (χ4v) is 5.24. The molecule has 3 aromatic rings. The SMILES string of the molecule is C[C@H](NC(=O)[C@H](CC(F)F)c1cnn2cc([C@@H](NC(=O)c3nonc3C3CC3)C3CCC(F)(F)CC3)nc2c1)C(F)(F)F. The standard InChI is InChI=1S/C26H28F7N7O3/c1-12(26(31,32)33)35-23(41)16(9-18(27)28)15-8-19-36-17(11-40(19)34-10-15)20(14-4-6-25(29,30)7-5-14)37-24(42)22-21(13-2-3-13)38-43-39-22/h8,10-14,16,18,20H,2-7,9H2,1H3,(H,35,41)(H,37,42)/t12-,16+,20-/m0/s1. The predicted octanol–water partition coefficient (Wildman–Crippen LogP) is 5.09. The number of nitrogens with zero attached hydrogens (tertiary/aromatic N) is 5. The van der Waals surface area contributed by atoms with Gasteiger partial charge in [0.1, 0.15) is 11.7 Å². The van der Waals surface area contributed by atoms with Crippen molar-refractivity contribution < 1.29 is 45.0 Å². The maximum absolute atomic E-state index is 14.0. The van der Waals surface area contributed by atoms with Gasteiger partial charge in [0, 0.05) is 25.2 Å². The Bertz CT molecular complexity index is 1460. The highest BCUT2D eigenvalue weighted by molar-refractivity contribution is 5.93. The normalized spacial score (nSPS) is 19.7. The third-order valence-corrected chi connectivity index (χ3v) is 7.87. The Morgan fingerprint density at radius 2 is 1.81 bits per heavy atom. The molecule has 0 spiro atoms. The van der Waals surface area contributed by atoms with Crippen LogP contribution in [-0.2, 0) is 4.79 Å². The Hall–Kier alpha value is -3.79. The zero-order chi connectivity index (χ0) is 31.1. The number of halogens is 7. The topological polar surface area (TPSA) is 127 Å². The second-order valence-electron chi connectivity index (χ2n) is 11.1. The molecule has 2 aliphatic carbocycles. The highest BCUT2D eigenvalue weighted by Crippen LogP contribution is 2.43. The van der Waals surface area contributed by atoms with Gasteiger partial charge in [-0.2, -0.15) is 18.3 Å². The first-order valence-corrected chi connectivity index (χ1v) is 13.7. The van der Waals surface area contributed by atoms with Crippen molar-refractivity contribution in [2.75, 3.05) is 0 Å². The molecule has 3 aromatic heterocycles. The summed E-state index contributed by atoms with van der Waals surface area (Å²) in [5.41, 5.74) is 0.545. The van der Waals surface area contributed by atoms with E-state index in [4.69, 9.17) is 4.63 Å². The molecule has 0 aliphatic heterocycles. The van der Waals surface area contributed by atoms with E-state index in [1.165, 1.54) is 16.8 Å². The monoisotopic (exact) mass is 619 g/mol. The molecular weight excluding hydrogens is 591 g/mol. The van der Waals surface area contributed by atoms with Crippen LogP contribution in [-0.4, -0.2) is 61.3 Å². The average molecular weight is 620 g/mol. The van der Waals surface area contributed by atoms with Gasteiger partial charge in [0.15, 0.2) is 11.3 Å². The number of alkyl halides is 7. The van der Waals surface area contributed by atoms with E-state index >= 15 is 0 Å². The van der Waals surface area contributed by atoms with Gasteiger partial charge in [-0.25, -0.2) is 31.7 Å². The third-order valence-electron chi connectivity index (χ3n) is 7.87. The van der Waals surface area contributed by atoms with Crippen molar-refractivity contribution in [3.63, 3.8) is 0 Å². The van der Waals surface area contributed by atoms with Gasteiger partial charge < -0.3 is 10.6 Å². The van der Waals surface area contributed by atoms with Gasteiger partial charge in [-0.15, -0.1) is 0 Å². The van der Waals surface area contributed by atoms with Crippen LogP contribution in [0.5, 0.6) is 0 Å². The van der Waals surface area contributed by atoms with E-state index in [2.05, 4.69) is 25.7 Å². The van der Waals surface area contributed by atoms with Crippen LogP contribution in [0.15, 0.2) is 23.1 Å². The summed E-state index contributed by atoms with van der Waals surface area (Å²) in [5, 5.41) is 16.2. The molecule has 2 saturated carbocycles. The van der Waals surface area contributed by atoms with Gasteiger partial charge in [0.05, 0.1) is 30.0 Å². The van der Waals surface area contributed by atoms with E-state index in [1.54, 1.807) is 5.32 Å². The van der Waals surface area contributed by atoms with Crippen LogP contribution in [0, 0.1) is 5.92 Å². The van der Waals surface area contributed by atoms with E-state index in [1.807, 2.05) is 0 Å². The molecule has 3 heterocycles. The summed E-state index contributed by atoms with van der Waals surface area (Å²) in [4.78, 5) is 30.3. The molecule has 2 fully saturated rings. The molecule has 5 rings (SSSR count). The Labute approximate surface area is 239 Å². The Balaban J connectivity index is 1.44. The van der Waals surface area contributed by atoms with E-state index in [0.29, 0.717) is 12.6 Å². The maximum Gasteiger partial charge on any atom is 0.408 e. The van der Waals surface area contributed by atoms with Crippen molar-refractivity contribution in [2.24, 2.45) is 5.92 Å². The molecule has 0 radical (unpaired) electrons. The summed E-state index contributed by atoms with van der Waals surface area (Å²) in [6.45, 7) is 0.692. The molecule has 43 heavy (non-hydrogen) atoms. The van der Waals surface area contributed by atoms with Crippen molar-refractivity contribution >= 4 is 17.5 Å². The van der Waals surface area contributed by atoms with Crippen LogP contribution in [0.1, 0.15) is 97.2 Å². The number of hydrogen-bond acceptors (Lipinski definition) is 7. The molecule has 3 atom stereocenters. The van der Waals surface area contributed by atoms with Crippen molar-refractivity contribution in [2.45, 2.75) is 94.3 Å². The molecule has 2 amide bonds. The number of hydrogen-bond donors (Lipinski definition) is 2. The summed E-state index contributed by atoms with van der Waals surface area (Å²) < 4.78 is 99.6. The highest BCUT2D eigenvalue weighted by atomic mass is 19.4. The van der Waals surface area contributed by atoms with Crippen LogP contribution >= 0.6 is 0 Å². The minimum absolute atomic E-state index is 0.0215. The highest BCUT2D eigenvalue weighted by Gasteiger charge is 2.41. The van der Waals surface area contributed by atoms with Gasteiger partial charge in [0.25, 0.3) is 5.91 Å². The Morgan fingerprint density at radius 1 is 1.12 bits per heavy atom. The first kappa shape index (κ1) is 30.7. The quantitative estimate of drug-likeness (QED) is 0.303. The number of carbonyl (C=O) groups is 2. The maximum atomic E-state index is 14.0. The molecule has 0 bridgehead atoms. The van der Waals surface area contributed by atoms with Crippen LogP contribution in [0.2, 0.25) is 0 Å². The molecule has 0 unspecified atom stereocenters. The molecule has 0 saturated heterocycles. The van der Waals surface area contributed by atoms with Gasteiger partial charge in [0.2, 0.25) is 18.3 Å². The van der Waals surface area contributed by atoms with E-state index in [9.17, 15) is 40.3 Å². The minimum Gasteiger partial charge on any atom is -0.344 e. The Kier molecular flexibility index (Phi) is 8.35. The fraction of sp³-hybridized carbons (Fsp3) is 0.615. The van der Waals surface area contributed by atoms with E-state index in [-0.39, 0.29) is 41.4 Å². The van der Waals surface area contributed by atoms with Crippen LogP contribution in [0.25, 0.3) is 5.65 Å². The zero-order valence-corrected chi connectivity index (χ0v) is 22.8. The first-order chi connectivity index (χ1) is 20.2. The number of amides is 2. The Morgan fingerprint density at radius 3 is 2.44 bits per heavy atom.